The highest BCUT2D eigenvalue weighted by Crippen LogP contribution is 2.46. The fourth-order valence-electron chi connectivity index (χ4n) is 9.76. The van der Waals surface area contributed by atoms with Crippen LogP contribution >= 0.6 is 11.8 Å². The average molecular weight is 800 g/mol. The molecule has 10 aromatic carbocycles. The molecule has 10 aromatic rings. The van der Waals surface area contributed by atoms with Crippen LogP contribution < -0.4 is 30.4 Å². The topological polar surface area (TPSA) is 12.5 Å². The van der Waals surface area contributed by atoms with Gasteiger partial charge in [-0.1, -0.05) is 188 Å². The molecule has 0 unspecified atom stereocenters. The lowest BCUT2D eigenvalue weighted by molar-refractivity contribution is 0.488. The zero-order valence-electron chi connectivity index (χ0n) is 32.6. The van der Waals surface area contributed by atoms with Gasteiger partial charge in [0.15, 0.2) is 13.8 Å². The molecule has 0 fully saturated rings. The van der Waals surface area contributed by atoms with E-state index < -0.39 is 8.07 Å². The Labute approximate surface area is 355 Å². The van der Waals surface area contributed by atoms with Crippen LogP contribution in [-0.2, 0) is 0 Å². The Morgan fingerprint density at radius 2 is 0.817 bits per heavy atom. The van der Waals surface area contributed by atoms with E-state index in [-0.39, 0.29) is 0 Å². The van der Waals surface area contributed by atoms with Crippen molar-refractivity contribution in [1.29, 1.82) is 0 Å². The summed E-state index contributed by atoms with van der Waals surface area (Å²) in [7, 11) is -2.86. The van der Waals surface area contributed by atoms with Crippen molar-refractivity contribution >= 4 is 79.2 Å². The zero-order valence-corrected chi connectivity index (χ0v) is 34.4. The maximum absolute atomic E-state index is 7.26. The molecular formula is C56H37NOSSi. The second kappa shape index (κ2) is 14.0. The van der Waals surface area contributed by atoms with E-state index in [9.17, 15) is 0 Å². The van der Waals surface area contributed by atoms with Crippen LogP contribution in [0.4, 0.5) is 17.1 Å². The van der Waals surface area contributed by atoms with Gasteiger partial charge in [-0.2, -0.15) is 0 Å². The molecule has 282 valence electrons. The maximum Gasteiger partial charge on any atom is 0.190 e. The summed E-state index contributed by atoms with van der Waals surface area (Å²) in [5, 5.41) is 10.4. The molecule has 60 heavy (non-hydrogen) atoms. The molecule has 0 bridgehead atoms. The number of para-hydroxylation sites is 2. The van der Waals surface area contributed by atoms with Gasteiger partial charge in [0.05, 0.1) is 5.69 Å². The van der Waals surface area contributed by atoms with Gasteiger partial charge in [0.25, 0.3) is 0 Å². The Kier molecular flexibility index (Phi) is 8.15. The third-order valence-corrected chi connectivity index (χ3v) is 18.8. The Bertz CT molecular complexity index is 3090. The van der Waals surface area contributed by atoms with Crippen LogP contribution in [0.25, 0.3) is 43.8 Å². The lowest BCUT2D eigenvalue weighted by Crippen LogP contribution is -2.77. The van der Waals surface area contributed by atoms with E-state index in [1.165, 1.54) is 74.3 Å². The van der Waals surface area contributed by atoms with Crippen LogP contribution in [0.15, 0.2) is 234 Å². The third kappa shape index (κ3) is 5.35. The van der Waals surface area contributed by atoms with Crippen LogP contribution in [0.5, 0.6) is 11.5 Å². The highest BCUT2D eigenvalue weighted by Gasteiger charge is 2.52. The number of anilines is 3. The predicted molar refractivity (Wildman–Crippen MR) is 255 cm³/mol. The summed E-state index contributed by atoms with van der Waals surface area (Å²) in [5.41, 5.74) is 7.94. The van der Waals surface area contributed by atoms with Crippen molar-refractivity contribution in [3.8, 4) is 33.8 Å². The highest BCUT2D eigenvalue weighted by atomic mass is 32.2. The quantitative estimate of drug-likeness (QED) is 0.161. The van der Waals surface area contributed by atoms with Crippen molar-refractivity contribution in [3.63, 3.8) is 0 Å². The molecule has 0 amide bonds. The molecule has 4 heteroatoms. The van der Waals surface area contributed by atoms with Crippen LogP contribution in [-0.4, -0.2) is 8.07 Å². The molecule has 1 spiro atoms. The Hall–Kier alpha value is -7.11. The van der Waals surface area contributed by atoms with Crippen LogP contribution in [0.3, 0.4) is 0 Å². The van der Waals surface area contributed by atoms with E-state index in [2.05, 4.69) is 229 Å². The predicted octanol–water partition coefficient (Wildman–Crippen LogP) is 12.7. The smallest absolute Gasteiger partial charge is 0.190 e. The minimum Gasteiger partial charge on any atom is -0.455 e. The lowest BCUT2D eigenvalue weighted by atomic mass is 9.97. The first-order valence-corrected chi connectivity index (χ1v) is 23.3. The van der Waals surface area contributed by atoms with E-state index in [4.69, 9.17) is 4.74 Å². The maximum atomic E-state index is 7.26. The first kappa shape index (κ1) is 34.9. The number of hydrogen-bond donors (Lipinski definition) is 0. The Morgan fingerprint density at radius 3 is 1.40 bits per heavy atom. The van der Waals surface area contributed by atoms with Crippen molar-refractivity contribution < 1.29 is 4.74 Å². The second-order valence-electron chi connectivity index (χ2n) is 15.6. The van der Waals surface area contributed by atoms with E-state index in [0.29, 0.717) is 0 Å². The molecule has 0 saturated heterocycles. The fraction of sp³-hybridized carbons (Fsp3) is 0. The summed E-state index contributed by atoms with van der Waals surface area (Å²) in [5.74, 6) is 1.84. The van der Waals surface area contributed by atoms with Crippen molar-refractivity contribution in [1.82, 2.24) is 0 Å². The van der Waals surface area contributed by atoms with E-state index >= 15 is 0 Å². The molecule has 0 N–H and O–H groups in total. The van der Waals surface area contributed by atoms with E-state index in [1.54, 1.807) is 0 Å². The van der Waals surface area contributed by atoms with Gasteiger partial charge in [0.2, 0.25) is 0 Å². The largest absolute Gasteiger partial charge is 0.455 e. The molecule has 2 nitrogen and oxygen atoms in total. The van der Waals surface area contributed by atoms with Gasteiger partial charge >= 0.3 is 0 Å². The Morgan fingerprint density at radius 1 is 0.367 bits per heavy atom. The van der Waals surface area contributed by atoms with Gasteiger partial charge in [-0.3, -0.25) is 0 Å². The summed E-state index contributed by atoms with van der Waals surface area (Å²) in [6.07, 6.45) is 0. The van der Waals surface area contributed by atoms with Gasteiger partial charge in [-0.05, 0) is 113 Å². The average Bonchev–Trinajstić information content (AvgIpc) is 3.32. The number of nitrogens with zero attached hydrogens (tertiary/aromatic N) is 1. The summed E-state index contributed by atoms with van der Waals surface area (Å²) < 4.78 is 7.26. The van der Waals surface area contributed by atoms with Gasteiger partial charge in [-0.15, -0.1) is 0 Å². The van der Waals surface area contributed by atoms with Crippen molar-refractivity contribution in [2.24, 2.45) is 0 Å². The number of benzene rings is 10. The first-order valence-electron chi connectivity index (χ1n) is 20.5. The first-order chi connectivity index (χ1) is 29.8. The monoisotopic (exact) mass is 799 g/mol. The van der Waals surface area contributed by atoms with Crippen molar-refractivity contribution in [3.05, 3.63) is 224 Å². The second-order valence-corrected chi connectivity index (χ2v) is 20.3. The SMILES string of the molecule is c1ccc2c(c1)Oc1c(N(c3ccc(-c4cccc5ccccc45)cc3)c3ccc(-c4cccc5ccccc45)cc3)cccc1[Si]21c2ccccc2Sc2ccccc21. The minimum atomic E-state index is -2.86. The fourth-order valence-corrected chi connectivity index (χ4v) is 16.9. The molecule has 2 aliphatic heterocycles. The normalized spacial score (nSPS) is 13.2. The molecule has 0 atom stereocenters. The highest BCUT2D eigenvalue weighted by molar-refractivity contribution is 8.00. The van der Waals surface area contributed by atoms with Crippen LogP contribution in [0.1, 0.15) is 0 Å². The van der Waals surface area contributed by atoms with Gasteiger partial charge < -0.3 is 9.64 Å². The molecule has 2 heterocycles. The number of rotatable bonds is 5. The number of ether oxygens (including phenoxy) is 1. The van der Waals surface area contributed by atoms with Crippen molar-refractivity contribution in [2.75, 3.05) is 4.90 Å². The lowest BCUT2D eigenvalue weighted by Gasteiger charge is -2.44. The minimum absolute atomic E-state index is 0.913. The van der Waals surface area contributed by atoms with E-state index in [0.717, 1.165) is 28.6 Å². The summed E-state index contributed by atoms with van der Waals surface area (Å²) in [6, 6.07) is 82.2. The molecule has 0 saturated carbocycles. The molecular weight excluding hydrogens is 763 g/mol. The van der Waals surface area contributed by atoms with Crippen LogP contribution in [0, 0.1) is 0 Å². The summed E-state index contributed by atoms with van der Waals surface area (Å²) in [4.78, 5) is 5.03. The third-order valence-electron chi connectivity index (χ3n) is 12.4. The number of hydrogen-bond acceptors (Lipinski definition) is 3. The number of fused-ring (bicyclic) bond motifs is 10. The standard InChI is InChI=1S/C56H37NOSSi/c1-3-18-44-38(14-1)16-11-20-46(44)40-30-34-42(35-31-40)57(43-36-32-41(33-37-43)47-21-12-17-39-15-2-4-19-45(39)47)48-22-13-29-55-56(48)58-49-23-5-8-26-52(49)60(55)53-27-9-6-24-50(53)59-51-25-7-10-28-54(51)60/h1-37H. The van der Waals surface area contributed by atoms with Gasteiger partial charge in [-0.25, -0.2) is 0 Å². The van der Waals surface area contributed by atoms with Gasteiger partial charge in [0.1, 0.15) is 5.75 Å². The molecule has 12 rings (SSSR count). The molecule has 0 aromatic heterocycles. The Balaban J connectivity index is 1.08. The summed E-state index contributed by atoms with van der Waals surface area (Å²) in [6.45, 7) is 0. The van der Waals surface area contributed by atoms with Crippen LogP contribution in [0.2, 0.25) is 0 Å². The zero-order chi connectivity index (χ0) is 39.6. The summed E-state index contributed by atoms with van der Waals surface area (Å²) >= 11 is 1.89. The van der Waals surface area contributed by atoms with E-state index in [1.807, 2.05) is 11.8 Å². The van der Waals surface area contributed by atoms with Crippen molar-refractivity contribution in [2.45, 2.75) is 9.79 Å². The molecule has 0 radical (unpaired) electrons. The van der Waals surface area contributed by atoms with Gasteiger partial charge in [0, 0.05) is 21.2 Å². The molecule has 2 aliphatic rings. The molecule has 0 aliphatic carbocycles.